The first kappa shape index (κ1) is 23.3. The van der Waals surface area contributed by atoms with E-state index in [2.05, 4.69) is 101 Å². The Kier molecular flexibility index (Phi) is 7.29. The van der Waals surface area contributed by atoms with Gasteiger partial charge in [-0.05, 0) is 70.8 Å². The summed E-state index contributed by atoms with van der Waals surface area (Å²) in [5.74, 6) is 0. The van der Waals surface area contributed by atoms with Gasteiger partial charge >= 0.3 is 7.12 Å². The second-order valence-corrected chi connectivity index (χ2v) is 14.2. The Bertz CT molecular complexity index is 777. The molecule has 0 radical (unpaired) electrons. The maximum atomic E-state index is 6.84. The van der Waals surface area contributed by atoms with Crippen LogP contribution in [0.25, 0.3) is 0 Å². The zero-order valence-corrected chi connectivity index (χ0v) is 20.5. The molecule has 0 amide bonds. The Morgan fingerprint density at radius 3 is 1.87 bits per heavy atom. The van der Waals surface area contributed by atoms with E-state index in [0.717, 1.165) is 25.2 Å². The van der Waals surface area contributed by atoms with Crippen LogP contribution in [0.4, 0.5) is 0 Å². The second kappa shape index (κ2) is 9.39. The molecular formula is C25H37BO3Si. The maximum absolute atomic E-state index is 6.84. The third-order valence-electron chi connectivity index (χ3n) is 6.31. The van der Waals surface area contributed by atoms with Crippen molar-refractivity contribution < 1.29 is 13.7 Å². The lowest BCUT2D eigenvalue weighted by Crippen LogP contribution is -2.41. The largest absolute Gasteiger partial charge is 0.460 e. The number of rotatable bonds is 9. The zero-order valence-electron chi connectivity index (χ0n) is 19.5. The maximum Gasteiger partial charge on any atom is 0.460 e. The van der Waals surface area contributed by atoms with Crippen LogP contribution in [0.2, 0.25) is 19.4 Å². The molecule has 0 spiro atoms. The van der Waals surface area contributed by atoms with Gasteiger partial charge < -0.3 is 13.7 Å². The number of hydrogen-bond donors (Lipinski definition) is 0. The molecule has 5 heteroatoms. The highest BCUT2D eigenvalue weighted by Gasteiger charge is 2.51. The Labute approximate surface area is 184 Å². The van der Waals surface area contributed by atoms with E-state index in [4.69, 9.17) is 13.7 Å². The van der Waals surface area contributed by atoms with E-state index in [-0.39, 0.29) is 24.4 Å². The molecule has 0 aromatic heterocycles. The summed E-state index contributed by atoms with van der Waals surface area (Å²) in [4.78, 5) is 0. The Hall–Kier alpha value is -1.40. The Morgan fingerprint density at radius 1 is 0.833 bits per heavy atom. The van der Waals surface area contributed by atoms with Gasteiger partial charge in [0.25, 0.3) is 0 Å². The summed E-state index contributed by atoms with van der Waals surface area (Å²) in [5.41, 5.74) is 2.09. The fourth-order valence-corrected chi connectivity index (χ4v) is 6.47. The van der Waals surface area contributed by atoms with Crippen LogP contribution < -0.4 is 0 Å². The molecule has 1 fully saturated rings. The number of hydrogen-bond acceptors (Lipinski definition) is 3. The lowest BCUT2D eigenvalue weighted by molar-refractivity contribution is 0.00578. The van der Waals surface area contributed by atoms with E-state index in [9.17, 15) is 0 Å². The molecule has 30 heavy (non-hydrogen) atoms. The molecule has 1 saturated heterocycles. The van der Waals surface area contributed by atoms with Crippen LogP contribution in [0.15, 0.2) is 60.7 Å². The summed E-state index contributed by atoms with van der Waals surface area (Å²) in [7, 11) is -2.12. The van der Waals surface area contributed by atoms with E-state index in [1.54, 1.807) is 0 Å². The summed E-state index contributed by atoms with van der Waals surface area (Å²) in [6.45, 7) is 13.1. The molecule has 0 N–H and O–H groups in total. The number of aryl methyl sites for hydroxylation is 1. The summed E-state index contributed by atoms with van der Waals surface area (Å²) in [6.07, 6.45) is 2.86. The van der Waals surface area contributed by atoms with E-state index < -0.39 is 8.32 Å². The van der Waals surface area contributed by atoms with Crippen molar-refractivity contribution in [2.75, 3.05) is 0 Å². The summed E-state index contributed by atoms with van der Waals surface area (Å²) in [6, 6.07) is 22.4. The first-order chi connectivity index (χ1) is 14.1. The molecule has 0 aliphatic carbocycles. The highest BCUT2D eigenvalue weighted by atomic mass is 28.4. The van der Waals surface area contributed by atoms with Gasteiger partial charge in [0, 0.05) is 12.4 Å². The molecule has 1 aliphatic heterocycles. The minimum Gasteiger partial charge on any atom is -0.415 e. The van der Waals surface area contributed by atoms with E-state index in [1.807, 2.05) is 0 Å². The second-order valence-electron chi connectivity index (χ2n) is 10.1. The number of benzene rings is 2. The van der Waals surface area contributed by atoms with Crippen LogP contribution in [0.5, 0.6) is 0 Å². The Balaban J connectivity index is 1.68. The van der Waals surface area contributed by atoms with Gasteiger partial charge in [0.1, 0.15) is 0 Å². The van der Waals surface area contributed by atoms with Crippen molar-refractivity contribution in [3.05, 3.63) is 71.8 Å². The average molecular weight is 424 g/mol. The van der Waals surface area contributed by atoms with Crippen molar-refractivity contribution in [2.45, 2.75) is 83.3 Å². The molecule has 2 aromatic carbocycles. The van der Waals surface area contributed by atoms with Crippen LogP contribution in [0.1, 0.15) is 45.2 Å². The minimum atomic E-state index is -1.90. The van der Waals surface area contributed by atoms with Crippen LogP contribution in [0.3, 0.4) is 0 Å². The molecule has 0 bridgehead atoms. The smallest absolute Gasteiger partial charge is 0.415 e. The fraction of sp³-hybridized carbons (Fsp3) is 0.520. The molecular weight excluding hydrogens is 387 g/mol. The third-order valence-corrected chi connectivity index (χ3v) is 8.54. The van der Waals surface area contributed by atoms with Crippen LogP contribution in [-0.4, -0.2) is 32.7 Å². The quantitative estimate of drug-likeness (QED) is 0.457. The first-order valence-corrected chi connectivity index (χ1v) is 14.3. The summed E-state index contributed by atoms with van der Waals surface area (Å²) >= 11 is 0. The normalized spacial score (nSPS) is 19.1. The molecule has 3 nitrogen and oxygen atoms in total. The molecule has 3 rings (SSSR count). The van der Waals surface area contributed by atoms with Crippen LogP contribution >= 0.6 is 0 Å². The van der Waals surface area contributed by atoms with Gasteiger partial charge in [0.05, 0.1) is 11.2 Å². The first-order valence-electron chi connectivity index (χ1n) is 11.2. The van der Waals surface area contributed by atoms with Gasteiger partial charge in [-0.1, -0.05) is 60.7 Å². The van der Waals surface area contributed by atoms with E-state index >= 15 is 0 Å². The highest BCUT2D eigenvalue weighted by molar-refractivity contribution is 6.70. The standard InChI is InChI=1S/C25H37BO3Si/c1-24(2)25(3,4)29-26(28-24)19-23(18-17-21-13-9-7-10-14-21)27-30(5,6)20-22-15-11-8-12-16-22/h7-16,23H,17-20H2,1-6H3/t23-/m1/s1. The fourth-order valence-electron chi connectivity index (χ4n) is 4.05. The van der Waals surface area contributed by atoms with Gasteiger partial charge in [-0.3, -0.25) is 0 Å². The summed E-state index contributed by atoms with van der Waals surface area (Å²) < 4.78 is 19.4. The van der Waals surface area contributed by atoms with Crippen molar-refractivity contribution in [1.29, 1.82) is 0 Å². The van der Waals surface area contributed by atoms with Gasteiger partial charge in [-0.25, -0.2) is 0 Å². The van der Waals surface area contributed by atoms with Crippen LogP contribution in [-0.2, 0) is 26.2 Å². The molecule has 2 aromatic rings. The lowest BCUT2D eigenvalue weighted by atomic mass is 9.80. The zero-order chi connectivity index (χ0) is 21.8. The topological polar surface area (TPSA) is 27.7 Å². The van der Waals surface area contributed by atoms with Crippen molar-refractivity contribution in [1.82, 2.24) is 0 Å². The molecule has 0 unspecified atom stereocenters. The van der Waals surface area contributed by atoms with Crippen LogP contribution in [0, 0.1) is 0 Å². The van der Waals surface area contributed by atoms with Gasteiger partial charge in [0.2, 0.25) is 0 Å². The van der Waals surface area contributed by atoms with Crippen molar-refractivity contribution in [3.63, 3.8) is 0 Å². The van der Waals surface area contributed by atoms with E-state index in [0.29, 0.717) is 0 Å². The Morgan fingerprint density at radius 2 is 1.33 bits per heavy atom. The monoisotopic (exact) mass is 424 g/mol. The van der Waals surface area contributed by atoms with Crippen molar-refractivity contribution in [3.8, 4) is 0 Å². The molecule has 162 valence electrons. The lowest BCUT2D eigenvalue weighted by Gasteiger charge is -2.32. The molecule has 0 saturated carbocycles. The minimum absolute atomic E-state index is 0.116. The van der Waals surface area contributed by atoms with Gasteiger partial charge in [-0.15, -0.1) is 0 Å². The van der Waals surface area contributed by atoms with E-state index in [1.165, 1.54) is 11.1 Å². The predicted octanol–water partition coefficient (Wildman–Crippen LogP) is 6.08. The van der Waals surface area contributed by atoms with Crippen molar-refractivity contribution >= 4 is 15.4 Å². The molecule has 1 atom stereocenters. The molecule has 1 aliphatic rings. The average Bonchev–Trinajstić information content (AvgIpc) is 2.87. The third kappa shape index (κ3) is 6.30. The SMILES string of the molecule is CC1(C)OB(C[C@@H](CCc2ccccc2)O[Si](C)(C)Cc2ccccc2)OC1(C)C. The molecule has 1 heterocycles. The highest BCUT2D eigenvalue weighted by Crippen LogP contribution is 2.38. The van der Waals surface area contributed by atoms with Gasteiger partial charge in [-0.2, -0.15) is 0 Å². The van der Waals surface area contributed by atoms with Gasteiger partial charge in [0.15, 0.2) is 8.32 Å². The van der Waals surface area contributed by atoms with Crippen molar-refractivity contribution in [2.24, 2.45) is 0 Å². The predicted molar refractivity (Wildman–Crippen MR) is 128 cm³/mol. The summed E-state index contributed by atoms with van der Waals surface area (Å²) in [5, 5.41) is 0.